The van der Waals surface area contributed by atoms with Crippen molar-refractivity contribution in [1.82, 2.24) is 0 Å². The Labute approximate surface area is 66.0 Å². The monoisotopic (exact) mass is 149 g/mol. The summed E-state index contributed by atoms with van der Waals surface area (Å²) in [6, 6.07) is 7.74. The van der Waals surface area contributed by atoms with Crippen molar-refractivity contribution in [3.8, 4) is 0 Å². The third kappa shape index (κ3) is 2.16. The molecule has 0 unspecified atom stereocenters. The lowest BCUT2D eigenvalue weighted by Gasteiger charge is -1.97. The van der Waals surface area contributed by atoms with Crippen molar-refractivity contribution in [3.63, 3.8) is 0 Å². The van der Waals surface area contributed by atoms with Crippen molar-refractivity contribution >= 4 is 6.29 Å². The van der Waals surface area contributed by atoms with Gasteiger partial charge in [-0.05, 0) is 11.1 Å². The molecule has 0 saturated carbocycles. The number of rotatable bonds is 3. The van der Waals surface area contributed by atoms with Gasteiger partial charge < -0.3 is 10.5 Å². The Morgan fingerprint density at radius 3 is 2.18 bits per heavy atom. The highest BCUT2D eigenvalue weighted by Crippen LogP contribution is 2.02. The minimum Gasteiger partial charge on any atom is -0.326 e. The molecule has 0 saturated heterocycles. The van der Waals surface area contributed by atoms with E-state index in [1.807, 2.05) is 24.3 Å². The fourth-order valence-corrected chi connectivity index (χ4v) is 0.908. The molecule has 0 heterocycles. The Bertz CT molecular complexity index is 228. The van der Waals surface area contributed by atoms with Crippen LogP contribution in [0.2, 0.25) is 0 Å². The Hall–Kier alpha value is -1.15. The van der Waals surface area contributed by atoms with Crippen LogP contribution in [0.5, 0.6) is 0 Å². The largest absolute Gasteiger partial charge is 0.326 e. The molecule has 0 aliphatic carbocycles. The molecule has 1 rings (SSSR count). The van der Waals surface area contributed by atoms with Crippen molar-refractivity contribution in [3.05, 3.63) is 35.4 Å². The molecule has 2 N–H and O–H groups in total. The van der Waals surface area contributed by atoms with Crippen LogP contribution in [0.4, 0.5) is 0 Å². The molecule has 58 valence electrons. The first-order chi connectivity index (χ1) is 5.36. The molecule has 1 aromatic carbocycles. The van der Waals surface area contributed by atoms with Crippen LogP contribution in [0.25, 0.3) is 0 Å². The topological polar surface area (TPSA) is 43.1 Å². The van der Waals surface area contributed by atoms with Gasteiger partial charge in [-0.1, -0.05) is 24.3 Å². The Kier molecular flexibility index (Phi) is 2.81. The molecular formula is C9H11NO. The zero-order chi connectivity index (χ0) is 8.10. The van der Waals surface area contributed by atoms with Gasteiger partial charge >= 0.3 is 0 Å². The molecule has 11 heavy (non-hydrogen) atoms. The molecule has 0 aliphatic rings. The van der Waals surface area contributed by atoms with Crippen LogP contribution in [0.3, 0.4) is 0 Å². The molecule has 0 aliphatic heterocycles. The predicted octanol–water partition coefficient (Wildman–Crippen LogP) is 0.887. The Balaban J connectivity index is 2.74. The summed E-state index contributed by atoms with van der Waals surface area (Å²) in [5.41, 5.74) is 7.54. The highest BCUT2D eigenvalue weighted by atomic mass is 16.1. The zero-order valence-corrected chi connectivity index (χ0v) is 6.29. The Morgan fingerprint density at radius 1 is 1.18 bits per heavy atom. The normalized spacial score (nSPS) is 9.55. The van der Waals surface area contributed by atoms with Gasteiger partial charge in [0.2, 0.25) is 0 Å². The average Bonchev–Trinajstić information content (AvgIpc) is 2.07. The number of nitrogens with two attached hydrogens (primary N) is 1. The molecule has 2 heteroatoms. The van der Waals surface area contributed by atoms with Gasteiger partial charge in [0.15, 0.2) is 0 Å². The molecule has 0 radical (unpaired) electrons. The first-order valence-electron chi connectivity index (χ1n) is 3.58. The number of hydrogen-bond donors (Lipinski definition) is 1. The number of carbonyl (C=O) groups excluding carboxylic acids is 1. The fourth-order valence-electron chi connectivity index (χ4n) is 0.908. The molecule has 0 bridgehead atoms. The van der Waals surface area contributed by atoms with E-state index in [2.05, 4.69) is 0 Å². The minimum atomic E-state index is 0.491. The summed E-state index contributed by atoms with van der Waals surface area (Å²) in [7, 11) is 0. The van der Waals surface area contributed by atoms with Crippen molar-refractivity contribution in [2.24, 2.45) is 5.73 Å². The van der Waals surface area contributed by atoms with E-state index >= 15 is 0 Å². The second kappa shape index (κ2) is 3.88. The van der Waals surface area contributed by atoms with E-state index in [9.17, 15) is 4.79 Å². The lowest BCUT2D eigenvalue weighted by atomic mass is 10.1. The second-order valence-corrected chi connectivity index (χ2v) is 2.39. The first-order valence-corrected chi connectivity index (χ1v) is 3.58. The first kappa shape index (κ1) is 7.95. The van der Waals surface area contributed by atoms with Crippen LogP contribution in [0.1, 0.15) is 11.1 Å². The van der Waals surface area contributed by atoms with Crippen molar-refractivity contribution < 1.29 is 4.79 Å². The number of hydrogen-bond acceptors (Lipinski definition) is 2. The van der Waals surface area contributed by atoms with E-state index in [4.69, 9.17) is 5.73 Å². The summed E-state index contributed by atoms with van der Waals surface area (Å²) in [6.07, 6.45) is 1.39. The standard InChI is InChI=1S/C9H11NO/c10-7-9-3-1-8(2-4-9)5-6-11/h1-4,6H,5,7,10H2. The molecule has 0 spiro atoms. The van der Waals surface area contributed by atoms with Gasteiger partial charge in [0.25, 0.3) is 0 Å². The fraction of sp³-hybridized carbons (Fsp3) is 0.222. The van der Waals surface area contributed by atoms with E-state index in [-0.39, 0.29) is 0 Å². The molecule has 0 atom stereocenters. The van der Waals surface area contributed by atoms with Crippen molar-refractivity contribution in [2.45, 2.75) is 13.0 Å². The summed E-state index contributed by atoms with van der Waals surface area (Å²) in [4.78, 5) is 10.1. The smallest absolute Gasteiger partial charge is 0.124 e. The van der Waals surface area contributed by atoms with Crippen LogP contribution >= 0.6 is 0 Å². The van der Waals surface area contributed by atoms with Gasteiger partial charge in [-0.2, -0.15) is 0 Å². The van der Waals surface area contributed by atoms with E-state index < -0.39 is 0 Å². The Morgan fingerprint density at radius 2 is 1.73 bits per heavy atom. The van der Waals surface area contributed by atoms with Gasteiger partial charge in [0.1, 0.15) is 6.29 Å². The van der Waals surface area contributed by atoms with Crippen LogP contribution in [-0.2, 0) is 17.8 Å². The van der Waals surface area contributed by atoms with Gasteiger partial charge in [-0.3, -0.25) is 0 Å². The molecule has 0 fully saturated rings. The van der Waals surface area contributed by atoms with Gasteiger partial charge in [0, 0.05) is 13.0 Å². The molecular weight excluding hydrogens is 138 g/mol. The van der Waals surface area contributed by atoms with Crippen LogP contribution in [0.15, 0.2) is 24.3 Å². The maximum absolute atomic E-state index is 10.1. The molecule has 1 aromatic rings. The number of benzene rings is 1. The van der Waals surface area contributed by atoms with E-state index in [1.54, 1.807) is 0 Å². The van der Waals surface area contributed by atoms with Crippen LogP contribution < -0.4 is 5.73 Å². The minimum absolute atomic E-state index is 0.491. The summed E-state index contributed by atoms with van der Waals surface area (Å²) < 4.78 is 0. The third-order valence-electron chi connectivity index (χ3n) is 1.58. The quantitative estimate of drug-likeness (QED) is 0.648. The van der Waals surface area contributed by atoms with E-state index in [0.717, 1.165) is 17.4 Å². The third-order valence-corrected chi connectivity index (χ3v) is 1.58. The lowest BCUT2D eigenvalue weighted by Crippen LogP contribution is -1.96. The summed E-state index contributed by atoms with van der Waals surface area (Å²) in [5.74, 6) is 0. The van der Waals surface area contributed by atoms with Crippen LogP contribution in [0, 0.1) is 0 Å². The summed E-state index contributed by atoms with van der Waals surface area (Å²) >= 11 is 0. The lowest BCUT2D eigenvalue weighted by molar-refractivity contribution is -0.107. The summed E-state index contributed by atoms with van der Waals surface area (Å²) in [6.45, 7) is 0.557. The summed E-state index contributed by atoms with van der Waals surface area (Å²) in [5, 5.41) is 0. The SMILES string of the molecule is NCc1ccc(CC=O)cc1. The van der Waals surface area contributed by atoms with Crippen molar-refractivity contribution in [1.29, 1.82) is 0 Å². The van der Waals surface area contributed by atoms with Gasteiger partial charge in [0.05, 0.1) is 0 Å². The van der Waals surface area contributed by atoms with Gasteiger partial charge in [-0.15, -0.1) is 0 Å². The predicted molar refractivity (Wildman–Crippen MR) is 44.1 cm³/mol. The highest BCUT2D eigenvalue weighted by Gasteiger charge is 1.90. The van der Waals surface area contributed by atoms with E-state index in [1.165, 1.54) is 0 Å². The van der Waals surface area contributed by atoms with Crippen LogP contribution in [-0.4, -0.2) is 6.29 Å². The molecule has 0 amide bonds. The number of aldehydes is 1. The van der Waals surface area contributed by atoms with E-state index in [0.29, 0.717) is 13.0 Å². The molecule has 2 nitrogen and oxygen atoms in total. The molecule has 0 aromatic heterocycles. The van der Waals surface area contributed by atoms with Gasteiger partial charge in [-0.25, -0.2) is 0 Å². The zero-order valence-electron chi connectivity index (χ0n) is 6.29. The number of carbonyl (C=O) groups is 1. The second-order valence-electron chi connectivity index (χ2n) is 2.39. The maximum Gasteiger partial charge on any atom is 0.124 e. The van der Waals surface area contributed by atoms with Crippen molar-refractivity contribution in [2.75, 3.05) is 0 Å². The maximum atomic E-state index is 10.1. The average molecular weight is 149 g/mol. The highest BCUT2D eigenvalue weighted by molar-refractivity contribution is 5.54.